The van der Waals surface area contributed by atoms with Crippen LogP contribution in [0.15, 0.2) is 0 Å². The smallest absolute Gasteiger partial charge is 0.141 e. The van der Waals surface area contributed by atoms with Gasteiger partial charge in [0.2, 0.25) is 0 Å². The Morgan fingerprint density at radius 1 is 1.13 bits per heavy atom. The van der Waals surface area contributed by atoms with Gasteiger partial charge in [0.05, 0.1) is 19.3 Å². The molecule has 15 heavy (non-hydrogen) atoms. The summed E-state index contributed by atoms with van der Waals surface area (Å²) in [5.41, 5.74) is 0. The Hall–Kier alpha value is -0.190. The first-order valence-corrected chi connectivity index (χ1v) is 5.88. The zero-order chi connectivity index (χ0) is 10.8. The molecule has 4 heteroatoms. The summed E-state index contributed by atoms with van der Waals surface area (Å²) in [5, 5.41) is 0. The lowest BCUT2D eigenvalue weighted by molar-refractivity contribution is 0.0571. The summed E-state index contributed by atoms with van der Waals surface area (Å²) in [4.78, 5) is 4.69. The summed E-state index contributed by atoms with van der Waals surface area (Å²) >= 11 is 0. The Kier molecular flexibility index (Phi) is 3.59. The van der Waals surface area contributed by atoms with Crippen LogP contribution >= 0.6 is 0 Å². The molecular formula is C11H21FN2O. The largest absolute Gasteiger partial charge is 0.377 e. The van der Waals surface area contributed by atoms with Crippen LogP contribution in [0.3, 0.4) is 0 Å². The van der Waals surface area contributed by atoms with Crippen LogP contribution in [0.4, 0.5) is 4.39 Å². The molecule has 0 radical (unpaired) electrons. The summed E-state index contributed by atoms with van der Waals surface area (Å²) in [6.07, 6.45) is -0.782. The minimum absolute atomic E-state index is 0.0133. The summed E-state index contributed by atoms with van der Waals surface area (Å²) < 4.78 is 18.6. The van der Waals surface area contributed by atoms with Gasteiger partial charge in [0.15, 0.2) is 0 Å². The highest BCUT2D eigenvalue weighted by molar-refractivity contribution is 4.87. The van der Waals surface area contributed by atoms with E-state index in [-0.39, 0.29) is 12.6 Å². The maximum atomic E-state index is 13.4. The van der Waals surface area contributed by atoms with Gasteiger partial charge in [-0.2, -0.15) is 0 Å². The molecular weight excluding hydrogens is 195 g/mol. The molecule has 2 saturated heterocycles. The molecule has 0 saturated carbocycles. The number of ether oxygens (including phenoxy) is 1. The molecule has 3 nitrogen and oxygen atoms in total. The minimum Gasteiger partial charge on any atom is -0.377 e. The average Bonchev–Trinajstić information content (AvgIpc) is 2.65. The number of hydrogen-bond acceptors (Lipinski definition) is 3. The van der Waals surface area contributed by atoms with Crippen LogP contribution in [-0.2, 0) is 4.74 Å². The van der Waals surface area contributed by atoms with Crippen molar-refractivity contribution in [3.8, 4) is 0 Å². The number of alkyl halides is 1. The second-order valence-corrected chi connectivity index (χ2v) is 4.79. The predicted molar refractivity (Wildman–Crippen MR) is 57.8 cm³/mol. The topological polar surface area (TPSA) is 15.7 Å². The SMILES string of the molecule is CC(C)N1CCN([C@@H]2COC[C@H]2F)CC1. The monoisotopic (exact) mass is 216 g/mol. The first kappa shape index (κ1) is 11.3. The van der Waals surface area contributed by atoms with Crippen LogP contribution in [0.2, 0.25) is 0 Å². The third-order valence-electron chi connectivity index (χ3n) is 3.53. The van der Waals surface area contributed by atoms with E-state index in [1.807, 2.05) is 0 Å². The summed E-state index contributed by atoms with van der Waals surface area (Å²) in [7, 11) is 0. The average molecular weight is 216 g/mol. The molecule has 2 rings (SSSR count). The van der Waals surface area contributed by atoms with E-state index in [4.69, 9.17) is 4.74 Å². The molecule has 88 valence electrons. The quantitative estimate of drug-likeness (QED) is 0.677. The molecule has 2 aliphatic rings. The maximum absolute atomic E-state index is 13.4. The van der Waals surface area contributed by atoms with E-state index in [1.165, 1.54) is 0 Å². The van der Waals surface area contributed by atoms with E-state index >= 15 is 0 Å². The van der Waals surface area contributed by atoms with Crippen LogP contribution in [0.25, 0.3) is 0 Å². The van der Waals surface area contributed by atoms with Gasteiger partial charge in [0.25, 0.3) is 0 Å². The van der Waals surface area contributed by atoms with Gasteiger partial charge in [-0.3, -0.25) is 9.80 Å². The van der Waals surface area contributed by atoms with Gasteiger partial charge in [0.1, 0.15) is 6.17 Å². The summed E-state index contributed by atoms with van der Waals surface area (Å²) in [6.45, 7) is 9.36. The van der Waals surface area contributed by atoms with Gasteiger partial charge in [-0.15, -0.1) is 0 Å². The first-order valence-electron chi connectivity index (χ1n) is 5.88. The van der Waals surface area contributed by atoms with Crippen LogP contribution in [0.5, 0.6) is 0 Å². The molecule has 2 aliphatic heterocycles. The highest BCUT2D eigenvalue weighted by Gasteiger charge is 2.34. The Morgan fingerprint density at radius 3 is 2.27 bits per heavy atom. The third-order valence-corrected chi connectivity index (χ3v) is 3.53. The summed E-state index contributed by atoms with van der Waals surface area (Å²) in [5.74, 6) is 0. The zero-order valence-electron chi connectivity index (χ0n) is 9.66. The second kappa shape index (κ2) is 4.76. The van der Waals surface area contributed by atoms with Crippen molar-refractivity contribution < 1.29 is 9.13 Å². The van der Waals surface area contributed by atoms with Crippen molar-refractivity contribution in [2.45, 2.75) is 32.1 Å². The van der Waals surface area contributed by atoms with Crippen molar-refractivity contribution in [1.82, 2.24) is 9.80 Å². The molecule has 2 fully saturated rings. The van der Waals surface area contributed by atoms with E-state index in [0.717, 1.165) is 26.2 Å². The molecule has 0 aromatic carbocycles. The van der Waals surface area contributed by atoms with Crippen molar-refractivity contribution in [3.05, 3.63) is 0 Å². The molecule has 0 aromatic heterocycles. The Morgan fingerprint density at radius 2 is 1.80 bits per heavy atom. The third kappa shape index (κ3) is 2.49. The molecule has 0 spiro atoms. The molecule has 0 aromatic rings. The van der Waals surface area contributed by atoms with Crippen molar-refractivity contribution in [1.29, 1.82) is 0 Å². The number of halogens is 1. The molecule has 0 aliphatic carbocycles. The molecule has 0 N–H and O–H groups in total. The van der Waals surface area contributed by atoms with Crippen LogP contribution < -0.4 is 0 Å². The lowest BCUT2D eigenvalue weighted by Crippen LogP contribution is -2.54. The highest BCUT2D eigenvalue weighted by atomic mass is 19.1. The predicted octanol–water partition coefficient (Wildman–Crippen LogP) is 0.749. The molecule has 0 bridgehead atoms. The standard InChI is InChI=1S/C11H21FN2O/c1-9(2)13-3-5-14(6-4-13)11-8-15-7-10(11)12/h9-11H,3-8H2,1-2H3/t10-,11-/m1/s1. The highest BCUT2D eigenvalue weighted by Crippen LogP contribution is 2.18. The van der Waals surface area contributed by atoms with E-state index < -0.39 is 6.17 Å². The fourth-order valence-electron chi connectivity index (χ4n) is 2.44. The van der Waals surface area contributed by atoms with Crippen LogP contribution in [0.1, 0.15) is 13.8 Å². The second-order valence-electron chi connectivity index (χ2n) is 4.79. The normalized spacial score (nSPS) is 35.2. The van der Waals surface area contributed by atoms with Gasteiger partial charge in [-0.1, -0.05) is 0 Å². The van der Waals surface area contributed by atoms with Gasteiger partial charge in [0, 0.05) is 32.2 Å². The van der Waals surface area contributed by atoms with Crippen LogP contribution in [0, 0.1) is 0 Å². The van der Waals surface area contributed by atoms with Crippen LogP contribution in [-0.4, -0.2) is 67.4 Å². The molecule has 2 atom stereocenters. The number of nitrogens with zero attached hydrogens (tertiary/aromatic N) is 2. The lowest BCUT2D eigenvalue weighted by atomic mass is 10.1. The van der Waals surface area contributed by atoms with E-state index in [9.17, 15) is 4.39 Å². The zero-order valence-corrected chi connectivity index (χ0v) is 9.66. The van der Waals surface area contributed by atoms with E-state index in [1.54, 1.807) is 0 Å². The van der Waals surface area contributed by atoms with Gasteiger partial charge >= 0.3 is 0 Å². The summed E-state index contributed by atoms with van der Waals surface area (Å²) in [6, 6.07) is 0.618. The van der Waals surface area contributed by atoms with Crippen molar-refractivity contribution in [3.63, 3.8) is 0 Å². The number of rotatable bonds is 2. The number of piperazine rings is 1. The Labute approximate surface area is 91.2 Å². The van der Waals surface area contributed by atoms with E-state index in [0.29, 0.717) is 12.6 Å². The van der Waals surface area contributed by atoms with Crippen molar-refractivity contribution in [2.24, 2.45) is 0 Å². The maximum Gasteiger partial charge on any atom is 0.141 e. The van der Waals surface area contributed by atoms with Crippen molar-refractivity contribution in [2.75, 3.05) is 39.4 Å². The Bertz CT molecular complexity index is 205. The molecule has 2 heterocycles. The van der Waals surface area contributed by atoms with Gasteiger partial charge in [-0.05, 0) is 13.8 Å². The minimum atomic E-state index is -0.782. The molecule has 0 amide bonds. The molecule has 0 unspecified atom stereocenters. The van der Waals surface area contributed by atoms with Gasteiger partial charge in [-0.25, -0.2) is 4.39 Å². The fourth-order valence-corrected chi connectivity index (χ4v) is 2.44. The lowest BCUT2D eigenvalue weighted by Gasteiger charge is -2.39. The first-order chi connectivity index (χ1) is 7.18. The number of hydrogen-bond donors (Lipinski definition) is 0. The fraction of sp³-hybridized carbons (Fsp3) is 1.00. The van der Waals surface area contributed by atoms with Crippen molar-refractivity contribution >= 4 is 0 Å². The van der Waals surface area contributed by atoms with Gasteiger partial charge < -0.3 is 4.74 Å². The Balaban J connectivity index is 1.82. The van der Waals surface area contributed by atoms with E-state index in [2.05, 4.69) is 23.6 Å².